The van der Waals surface area contributed by atoms with Crippen LogP contribution in [0, 0.1) is 11.8 Å². The highest BCUT2D eigenvalue weighted by atomic mass is 16.2. The summed E-state index contributed by atoms with van der Waals surface area (Å²) in [5.74, 6) is 0.994. The predicted octanol–water partition coefficient (Wildman–Crippen LogP) is 3.16. The molecule has 1 N–H and O–H groups in total. The second-order valence-corrected chi connectivity index (χ2v) is 5.79. The summed E-state index contributed by atoms with van der Waals surface area (Å²) in [6.45, 7) is 0. The van der Waals surface area contributed by atoms with E-state index in [2.05, 4.69) is 22.7 Å². The SMILES string of the molecule is O=C(N/N=C1/C[C@H]2C=CC[C@@H]12)c1ccccc1-n1cccc1. The van der Waals surface area contributed by atoms with Gasteiger partial charge in [-0.1, -0.05) is 24.3 Å². The molecule has 0 saturated heterocycles. The number of rotatable bonds is 3. The van der Waals surface area contributed by atoms with Crippen molar-refractivity contribution >= 4 is 11.6 Å². The molecule has 4 heteroatoms. The highest BCUT2D eigenvalue weighted by Gasteiger charge is 2.38. The summed E-state index contributed by atoms with van der Waals surface area (Å²) in [6, 6.07) is 11.4. The number of hydrogen-bond acceptors (Lipinski definition) is 2. The molecule has 1 aromatic heterocycles. The molecule has 1 saturated carbocycles. The Labute approximate surface area is 129 Å². The first-order valence-corrected chi connectivity index (χ1v) is 7.59. The Bertz CT molecular complexity index is 758. The predicted molar refractivity (Wildman–Crippen MR) is 86.0 cm³/mol. The molecule has 0 aliphatic heterocycles. The number of nitrogens with one attached hydrogen (secondary N) is 1. The van der Waals surface area contributed by atoms with Gasteiger partial charge in [0.1, 0.15) is 0 Å². The van der Waals surface area contributed by atoms with Gasteiger partial charge in [0, 0.05) is 24.0 Å². The van der Waals surface area contributed by atoms with Crippen LogP contribution in [0.4, 0.5) is 0 Å². The van der Waals surface area contributed by atoms with Gasteiger partial charge in [-0.2, -0.15) is 5.10 Å². The maximum absolute atomic E-state index is 12.5. The van der Waals surface area contributed by atoms with Crippen LogP contribution in [-0.4, -0.2) is 16.2 Å². The third-order valence-electron chi connectivity index (χ3n) is 4.50. The van der Waals surface area contributed by atoms with E-state index in [9.17, 15) is 4.79 Å². The van der Waals surface area contributed by atoms with Crippen LogP contribution in [0.3, 0.4) is 0 Å². The van der Waals surface area contributed by atoms with Gasteiger partial charge in [0.15, 0.2) is 0 Å². The standard InChI is InChI=1S/C18H17N3O/c22-18(20-19-16-12-13-6-5-8-14(13)16)15-7-1-2-9-17(15)21-10-3-4-11-21/h1-7,9-11,13-14H,8,12H2,(H,20,22)/b19-16-/t13-,14-/m1/s1. The van der Waals surface area contributed by atoms with Crippen LogP contribution in [-0.2, 0) is 0 Å². The van der Waals surface area contributed by atoms with E-state index in [1.54, 1.807) is 0 Å². The molecular weight excluding hydrogens is 274 g/mol. The van der Waals surface area contributed by atoms with Gasteiger partial charge < -0.3 is 4.57 Å². The Hall–Kier alpha value is -2.62. The van der Waals surface area contributed by atoms with Gasteiger partial charge in [-0.3, -0.25) is 4.79 Å². The second-order valence-electron chi connectivity index (χ2n) is 5.79. The Morgan fingerprint density at radius 1 is 1.18 bits per heavy atom. The first-order chi connectivity index (χ1) is 10.8. The molecule has 22 heavy (non-hydrogen) atoms. The fourth-order valence-corrected chi connectivity index (χ4v) is 3.23. The number of carbonyl (C=O) groups excluding carboxylic acids is 1. The van der Waals surface area contributed by atoms with Gasteiger partial charge in [0.25, 0.3) is 5.91 Å². The van der Waals surface area contributed by atoms with Crippen LogP contribution in [0.15, 0.2) is 66.0 Å². The molecular formula is C18H17N3O. The van der Waals surface area contributed by atoms with E-state index in [1.165, 1.54) is 0 Å². The molecule has 0 bridgehead atoms. The smallest absolute Gasteiger partial charge is 0.273 e. The molecule has 2 aliphatic carbocycles. The summed E-state index contributed by atoms with van der Waals surface area (Å²) in [5.41, 5.74) is 5.33. The van der Waals surface area contributed by atoms with Crippen LogP contribution in [0.1, 0.15) is 23.2 Å². The van der Waals surface area contributed by atoms with E-state index < -0.39 is 0 Å². The lowest BCUT2D eigenvalue weighted by Crippen LogP contribution is -2.35. The summed E-state index contributed by atoms with van der Waals surface area (Å²) in [4.78, 5) is 12.5. The molecule has 1 amide bonds. The van der Waals surface area contributed by atoms with Gasteiger partial charge in [-0.15, -0.1) is 0 Å². The molecule has 1 aromatic carbocycles. The van der Waals surface area contributed by atoms with Crippen LogP contribution >= 0.6 is 0 Å². The van der Waals surface area contributed by atoms with Crippen molar-refractivity contribution in [3.05, 3.63) is 66.5 Å². The minimum atomic E-state index is -0.161. The minimum absolute atomic E-state index is 0.161. The van der Waals surface area contributed by atoms with E-state index in [0.717, 1.165) is 24.2 Å². The average Bonchev–Trinajstić information content (AvgIpc) is 3.17. The van der Waals surface area contributed by atoms with Crippen LogP contribution < -0.4 is 5.43 Å². The van der Waals surface area contributed by atoms with E-state index in [0.29, 0.717) is 17.4 Å². The third-order valence-corrected chi connectivity index (χ3v) is 4.50. The lowest BCUT2D eigenvalue weighted by molar-refractivity contribution is 0.0954. The number of hydrazone groups is 1. The number of benzene rings is 1. The molecule has 2 aromatic rings. The van der Waals surface area contributed by atoms with Crippen molar-refractivity contribution in [2.75, 3.05) is 0 Å². The number of carbonyl (C=O) groups is 1. The molecule has 1 fully saturated rings. The highest BCUT2D eigenvalue weighted by molar-refractivity contribution is 6.00. The van der Waals surface area contributed by atoms with Crippen LogP contribution in [0.2, 0.25) is 0 Å². The number of allylic oxidation sites excluding steroid dienone is 2. The minimum Gasteiger partial charge on any atom is -0.323 e. The lowest BCUT2D eigenvalue weighted by atomic mass is 9.74. The Kier molecular flexibility index (Phi) is 3.15. The van der Waals surface area contributed by atoms with Crippen LogP contribution in [0.25, 0.3) is 5.69 Å². The summed E-state index contributed by atoms with van der Waals surface area (Å²) >= 11 is 0. The van der Waals surface area contributed by atoms with E-state index in [-0.39, 0.29) is 5.91 Å². The largest absolute Gasteiger partial charge is 0.323 e. The average molecular weight is 291 g/mol. The van der Waals surface area contributed by atoms with E-state index in [1.807, 2.05) is 53.4 Å². The fourth-order valence-electron chi connectivity index (χ4n) is 3.23. The first-order valence-electron chi connectivity index (χ1n) is 7.59. The number of fused-ring (bicyclic) bond motifs is 1. The van der Waals surface area contributed by atoms with Gasteiger partial charge in [-0.25, -0.2) is 5.43 Å². The van der Waals surface area contributed by atoms with Gasteiger partial charge in [0.05, 0.1) is 11.3 Å². The topological polar surface area (TPSA) is 46.4 Å². The number of hydrogen-bond donors (Lipinski definition) is 1. The fraction of sp³-hybridized carbons (Fsp3) is 0.222. The zero-order valence-electron chi connectivity index (χ0n) is 12.1. The Morgan fingerprint density at radius 3 is 2.82 bits per heavy atom. The zero-order chi connectivity index (χ0) is 14.9. The highest BCUT2D eigenvalue weighted by Crippen LogP contribution is 2.40. The lowest BCUT2D eigenvalue weighted by Gasteiger charge is -2.31. The van der Waals surface area contributed by atoms with E-state index in [4.69, 9.17) is 0 Å². The molecule has 2 atom stereocenters. The number of nitrogens with zero attached hydrogens (tertiary/aromatic N) is 2. The van der Waals surface area contributed by atoms with Crippen molar-refractivity contribution in [3.8, 4) is 5.69 Å². The first kappa shape index (κ1) is 13.1. The summed E-state index contributed by atoms with van der Waals surface area (Å²) in [7, 11) is 0. The van der Waals surface area contributed by atoms with Crippen molar-refractivity contribution < 1.29 is 4.79 Å². The van der Waals surface area contributed by atoms with Gasteiger partial charge in [0.2, 0.25) is 0 Å². The molecule has 0 radical (unpaired) electrons. The number of para-hydroxylation sites is 1. The normalized spacial score (nSPS) is 24.1. The third kappa shape index (κ3) is 2.17. The van der Waals surface area contributed by atoms with Crippen molar-refractivity contribution in [2.45, 2.75) is 12.8 Å². The molecule has 0 spiro atoms. The van der Waals surface area contributed by atoms with Crippen molar-refractivity contribution in [1.29, 1.82) is 0 Å². The van der Waals surface area contributed by atoms with Crippen LogP contribution in [0.5, 0.6) is 0 Å². The zero-order valence-corrected chi connectivity index (χ0v) is 12.1. The monoisotopic (exact) mass is 291 g/mol. The maximum atomic E-state index is 12.5. The van der Waals surface area contributed by atoms with Crippen molar-refractivity contribution in [2.24, 2.45) is 16.9 Å². The van der Waals surface area contributed by atoms with E-state index >= 15 is 0 Å². The molecule has 0 unspecified atom stereocenters. The quantitative estimate of drug-likeness (QED) is 0.685. The number of aromatic nitrogens is 1. The summed E-state index contributed by atoms with van der Waals surface area (Å²) in [6.07, 6.45) is 10.4. The van der Waals surface area contributed by atoms with Gasteiger partial charge >= 0.3 is 0 Å². The van der Waals surface area contributed by atoms with Crippen molar-refractivity contribution in [1.82, 2.24) is 9.99 Å². The molecule has 2 aliphatic rings. The molecule has 4 nitrogen and oxygen atoms in total. The summed E-state index contributed by atoms with van der Waals surface area (Å²) in [5, 5.41) is 4.34. The second kappa shape index (κ2) is 5.30. The maximum Gasteiger partial charge on any atom is 0.273 e. The molecule has 110 valence electrons. The summed E-state index contributed by atoms with van der Waals surface area (Å²) < 4.78 is 1.93. The van der Waals surface area contributed by atoms with Gasteiger partial charge in [-0.05, 0) is 43.0 Å². The Morgan fingerprint density at radius 2 is 2.00 bits per heavy atom. The Balaban J connectivity index is 1.53. The van der Waals surface area contributed by atoms with Crippen molar-refractivity contribution in [3.63, 3.8) is 0 Å². The number of amides is 1. The molecule has 4 rings (SSSR count). The molecule has 1 heterocycles.